The minimum absolute atomic E-state index is 0.00271. The van der Waals surface area contributed by atoms with E-state index in [1.54, 1.807) is 24.3 Å². The topological polar surface area (TPSA) is 102 Å². The first-order chi connectivity index (χ1) is 14.7. The number of ketones is 1. The molecule has 0 aliphatic carbocycles. The maximum atomic E-state index is 13.3. The van der Waals surface area contributed by atoms with Crippen molar-refractivity contribution in [3.63, 3.8) is 0 Å². The van der Waals surface area contributed by atoms with E-state index in [0.717, 1.165) is 0 Å². The molecule has 164 valence electrons. The number of ether oxygens (including phenoxy) is 2. The molecule has 1 N–H and O–H groups in total. The summed E-state index contributed by atoms with van der Waals surface area (Å²) >= 11 is 0. The second-order valence-corrected chi connectivity index (χ2v) is 8.89. The van der Waals surface area contributed by atoms with Gasteiger partial charge in [-0.3, -0.25) is 13.9 Å². The number of hydrogen-bond donors (Lipinski definition) is 1. The predicted octanol–water partition coefficient (Wildman–Crippen LogP) is 3.06. The number of amides is 1. The van der Waals surface area contributed by atoms with Gasteiger partial charge >= 0.3 is 0 Å². The molecule has 3 rings (SSSR count). The van der Waals surface area contributed by atoms with E-state index in [9.17, 15) is 18.0 Å². The van der Waals surface area contributed by atoms with Crippen molar-refractivity contribution in [2.24, 2.45) is 0 Å². The molecule has 0 spiro atoms. The minimum Gasteiger partial charge on any atom is -0.497 e. The summed E-state index contributed by atoms with van der Waals surface area (Å²) in [4.78, 5) is 23.4. The Morgan fingerprint density at radius 2 is 1.68 bits per heavy atom. The van der Waals surface area contributed by atoms with Crippen molar-refractivity contribution in [3.8, 4) is 11.5 Å². The Balaban J connectivity index is 1.99. The van der Waals surface area contributed by atoms with Crippen molar-refractivity contribution in [1.82, 2.24) is 4.31 Å². The van der Waals surface area contributed by atoms with Gasteiger partial charge in [-0.15, -0.1) is 0 Å². The number of rotatable bonds is 6. The van der Waals surface area contributed by atoms with Gasteiger partial charge in [-0.05, 0) is 48.0 Å². The lowest BCUT2D eigenvalue weighted by atomic mass is 10.1. The number of carbonyl (C=O) groups excluding carboxylic acids is 2. The normalized spacial score (nSPS) is 15.6. The Morgan fingerprint density at radius 1 is 1.06 bits per heavy atom. The summed E-state index contributed by atoms with van der Waals surface area (Å²) in [5, 5.41) is 2.60. The zero-order valence-corrected chi connectivity index (χ0v) is 18.4. The van der Waals surface area contributed by atoms with Crippen molar-refractivity contribution >= 4 is 33.5 Å². The van der Waals surface area contributed by atoms with Crippen molar-refractivity contribution in [1.29, 1.82) is 0 Å². The second kappa shape index (κ2) is 9.22. The first-order valence-corrected chi connectivity index (χ1v) is 11.0. The van der Waals surface area contributed by atoms with Gasteiger partial charge in [0.05, 0.1) is 19.1 Å². The zero-order chi connectivity index (χ0) is 22.6. The highest BCUT2D eigenvalue weighted by atomic mass is 32.2. The highest BCUT2D eigenvalue weighted by Crippen LogP contribution is 2.31. The third-order valence-corrected chi connectivity index (χ3v) is 6.63. The number of Topliss-reactive ketones (excluding diaryl/α,β-unsaturated/α-hetero) is 1. The molecule has 2 aromatic carbocycles. The molecule has 2 aromatic rings. The summed E-state index contributed by atoms with van der Waals surface area (Å²) in [6.45, 7) is 1.43. The summed E-state index contributed by atoms with van der Waals surface area (Å²) in [7, 11) is -0.844. The maximum absolute atomic E-state index is 13.3. The molecular formula is C22H24N2O6S. The molecule has 0 unspecified atom stereocenters. The van der Waals surface area contributed by atoms with Gasteiger partial charge in [0.2, 0.25) is 5.91 Å². The van der Waals surface area contributed by atoms with Crippen LogP contribution in [-0.4, -0.2) is 45.2 Å². The van der Waals surface area contributed by atoms with Crippen LogP contribution in [0.25, 0.3) is 6.08 Å². The highest BCUT2D eigenvalue weighted by molar-refractivity contribution is 7.89. The molecule has 1 aliphatic rings. The van der Waals surface area contributed by atoms with Gasteiger partial charge in [0, 0.05) is 43.8 Å². The predicted molar refractivity (Wildman–Crippen MR) is 116 cm³/mol. The fourth-order valence-corrected chi connectivity index (χ4v) is 4.78. The Hall–Kier alpha value is -3.33. The first-order valence-electron chi connectivity index (χ1n) is 9.58. The number of methoxy groups -OCH3 is 2. The smallest absolute Gasteiger partial charge is 0.264 e. The van der Waals surface area contributed by atoms with E-state index in [2.05, 4.69) is 5.32 Å². The lowest BCUT2D eigenvalue weighted by Crippen LogP contribution is -2.37. The van der Waals surface area contributed by atoms with Crippen LogP contribution in [0.15, 0.2) is 53.1 Å². The Labute approximate surface area is 181 Å². The molecule has 8 nitrogen and oxygen atoms in total. The lowest BCUT2D eigenvalue weighted by molar-refractivity contribution is -0.119. The lowest BCUT2D eigenvalue weighted by Gasteiger charge is -2.30. The van der Waals surface area contributed by atoms with Crippen LogP contribution in [0.1, 0.15) is 25.3 Å². The quantitative estimate of drug-likeness (QED) is 0.735. The van der Waals surface area contributed by atoms with E-state index in [0.29, 0.717) is 28.4 Å². The van der Waals surface area contributed by atoms with Gasteiger partial charge in [0.1, 0.15) is 17.3 Å². The van der Waals surface area contributed by atoms with Crippen molar-refractivity contribution in [2.75, 3.05) is 26.1 Å². The second-order valence-electron chi connectivity index (χ2n) is 7.03. The van der Waals surface area contributed by atoms with Crippen LogP contribution in [0.5, 0.6) is 11.5 Å². The van der Waals surface area contributed by atoms with E-state index in [1.165, 1.54) is 49.7 Å². The largest absolute Gasteiger partial charge is 0.497 e. The molecule has 0 radical (unpaired) electrons. The van der Waals surface area contributed by atoms with Crippen molar-refractivity contribution < 1.29 is 27.5 Å². The third kappa shape index (κ3) is 5.24. The average molecular weight is 445 g/mol. The molecule has 1 saturated heterocycles. The monoisotopic (exact) mass is 444 g/mol. The van der Waals surface area contributed by atoms with Crippen LogP contribution >= 0.6 is 0 Å². The third-order valence-electron chi connectivity index (χ3n) is 4.76. The number of hydrogen-bond acceptors (Lipinski definition) is 6. The van der Waals surface area contributed by atoms with E-state index in [1.807, 2.05) is 0 Å². The van der Waals surface area contributed by atoms with Gasteiger partial charge in [-0.25, -0.2) is 8.42 Å². The standard InChI is InChI=1S/C22H24N2O6S/c1-15(25)23-17-4-6-22(7-5-17)31(27,28)24-9-8-19(26)13-18(24)10-16-11-20(29-2)14-21(12-16)30-3/h4-7,10-12,14H,8-9,13H2,1-3H3,(H,23,25). The van der Waals surface area contributed by atoms with Crippen molar-refractivity contribution in [2.45, 2.75) is 24.7 Å². The molecule has 31 heavy (non-hydrogen) atoms. The highest BCUT2D eigenvalue weighted by Gasteiger charge is 2.31. The molecule has 1 fully saturated rings. The summed E-state index contributed by atoms with van der Waals surface area (Å²) in [5.74, 6) is 0.824. The Bertz CT molecular complexity index is 1100. The number of nitrogens with one attached hydrogen (secondary N) is 1. The van der Waals surface area contributed by atoms with Crippen LogP contribution in [0.2, 0.25) is 0 Å². The van der Waals surface area contributed by atoms with Crippen LogP contribution in [0, 0.1) is 0 Å². The number of carbonyl (C=O) groups is 2. The molecule has 0 aromatic heterocycles. The Kier molecular flexibility index (Phi) is 6.65. The number of allylic oxidation sites excluding steroid dienone is 1. The summed E-state index contributed by atoms with van der Waals surface area (Å²) in [5.41, 5.74) is 1.53. The van der Waals surface area contributed by atoms with Gasteiger partial charge in [-0.2, -0.15) is 0 Å². The van der Waals surface area contributed by atoms with Gasteiger partial charge in [0.15, 0.2) is 0 Å². The number of piperidine rings is 1. The summed E-state index contributed by atoms with van der Waals surface area (Å²) in [6.07, 6.45) is 1.80. The molecule has 0 atom stereocenters. The van der Waals surface area contributed by atoms with E-state index in [-0.39, 0.29) is 36.0 Å². The van der Waals surface area contributed by atoms with Crippen LogP contribution in [0.4, 0.5) is 5.69 Å². The molecule has 1 amide bonds. The molecule has 1 heterocycles. The van der Waals surface area contributed by atoms with Gasteiger partial charge < -0.3 is 14.8 Å². The number of benzene rings is 2. The minimum atomic E-state index is -3.89. The van der Waals surface area contributed by atoms with Crippen molar-refractivity contribution in [3.05, 3.63) is 53.7 Å². The van der Waals surface area contributed by atoms with E-state index in [4.69, 9.17) is 9.47 Å². The fraction of sp³-hybridized carbons (Fsp3) is 0.273. The SMILES string of the molecule is COc1cc(C=C2CC(=O)CCN2S(=O)(=O)c2ccc(NC(C)=O)cc2)cc(OC)c1. The fourth-order valence-electron chi connectivity index (χ4n) is 3.29. The van der Waals surface area contributed by atoms with E-state index < -0.39 is 10.0 Å². The number of sulfonamides is 1. The van der Waals surface area contributed by atoms with E-state index >= 15 is 0 Å². The van der Waals surface area contributed by atoms with Gasteiger partial charge in [0.25, 0.3) is 10.0 Å². The van der Waals surface area contributed by atoms with Gasteiger partial charge in [-0.1, -0.05) is 0 Å². The first kappa shape index (κ1) is 22.4. The molecule has 0 bridgehead atoms. The van der Waals surface area contributed by atoms with Crippen LogP contribution in [0.3, 0.4) is 0 Å². The number of nitrogens with zero attached hydrogens (tertiary/aromatic N) is 1. The summed E-state index contributed by atoms with van der Waals surface area (Å²) < 4.78 is 38.4. The molecular weight excluding hydrogens is 420 g/mol. The Morgan fingerprint density at radius 3 is 2.23 bits per heavy atom. The average Bonchev–Trinajstić information content (AvgIpc) is 2.73. The maximum Gasteiger partial charge on any atom is 0.264 e. The number of anilines is 1. The molecule has 9 heteroatoms. The molecule has 0 saturated carbocycles. The summed E-state index contributed by atoms with van der Waals surface area (Å²) in [6, 6.07) is 11.1. The van der Waals surface area contributed by atoms with Crippen LogP contribution < -0.4 is 14.8 Å². The van der Waals surface area contributed by atoms with Crippen LogP contribution in [-0.2, 0) is 19.6 Å². The zero-order valence-electron chi connectivity index (χ0n) is 17.5. The molecule has 1 aliphatic heterocycles.